The predicted octanol–water partition coefficient (Wildman–Crippen LogP) is 3.51. The maximum Gasteiger partial charge on any atom is 0.243 e. The molecule has 1 aromatic carbocycles. The Hall–Kier alpha value is -1.49. The summed E-state index contributed by atoms with van der Waals surface area (Å²) < 4.78 is 28.3. The van der Waals surface area contributed by atoms with Crippen LogP contribution in [0.15, 0.2) is 33.5 Å². The van der Waals surface area contributed by atoms with Crippen LogP contribution in [0.1, 0.15) is 43.0 Å². The number of Topliss-reactive ketones (excluding diaryl/α,β-unsaturated/α-hetero) is 1. The van der Waals surface area contributed by atoms with Crippen LogP contribution in [0.5, 0.6) is 0 Å². The van der Waals surface area contributed by atoms with Gasteiger partial charge in [0.1, 0.15) is 0 Å². The number of benzene rings is 1. The third-order valence-electron chi connectivity index (χ3n) is 4.43. The van der Waals surface area contributed by atoms with Gasteiger partial charge in [-0.3, -0.25) is 4.79 Å². The van der Waals surface area contributed by atoms with Crippen LogP contribution in [-0.4, -0.2) is 54.1 Å². The first-order valence-electron chi connectivity index (χ1n) is 9.34. The lowest BCUT2D eigenvalue weighted by Crippen LogP contribution is -2.32. The van der Waals surface area contributed by atoms with Gasteiger partial charge in [-0.2, -0.15) is 4.31 Å². The summed E-state index contributed by atoms with van der Waals surface area (Å²) in [6.45, 7) is 3.16. The van der Waals surface area contributed by atoms with Crippen molar-refractivity contribution in [1.29, 1.82) is 0 Å². The van der Waals surface area contributed by atoms with Gasteiger partial charge in [0.15, 0.2) is 10.1 Å². The number of thioether (sulfide) groups is 1. The molecule has 2 aromatic rings. The molecule has 0 spiro atoms. The van der Waals surface area contributed by atoms with Gasteiger partial charge in [0.25, 0.3) is 0 Å². The Bertz CT molecular complexity index is 906. The summed E-state index contributed by atoms with van der Waals surface area (Å²) in [5.41, 5.74) is 0.371. The second-order valence-corrected chi connectivity index (χ2v) is 10.9. The Balaban J connectivity index is 1.68. The molecule has 1 fully saturated rings. The normalized spacial score (nSPS) is 15.9. The van der Waals surface area contributed by atoms with Crippen LogP contribution in [0.4, 0.5) is 5.13 Å². The van der Waals surface area contributed by atoms with Crippen molar-refractivity contribution in [3.63, 3.8) is 0 Å². The van der Waals surface area contributed by atoms with E-state index in [1.807, 2.05) is 6.92 Å². The Morgan fingerprint density at radius 3 is 2.68 bits per heavy atom. The lowest BCUT2D eigenvalue weighted by atomic mass is 10.1. The smallest absolute Gasteiger partial charge is 0.243 e. The zero-order valence-corrected chi connectivity index (χ0v) is 18.2. The van der Waals surface area contributed by atoms with Crippen molar-refractivity contribution in [1.82, 2.24) is 14.5 Å². The van der Waals surface area contributed by atoms with Crippen molar-refractivity contribution >= 4 is 44.0 Å². The molecule has 3 rings (SSSR count). The third kappa shape index (κ3) is 5.31. The highest BCUT2D eigenvalue weighted by atomic mass is 32.2. The molecule has 1 aliphatic rings. The molecule has 28 heavy (non-hydrogen) atoms. The molecule has 152 valence electrons. The number of ketones is 1. The number of sulfonamides is 1. The number of carbonyl (C=O) groups excluding carboxylic acids is 1. The number of rotatable bonds is 8. The Labute approximate surface area is 174 Å². The molecule has 1 saturated heterocycles. The van der Waals surface area contributed by atoms with E-state index < -0.39 is 10.0 Å². The van der Waals surface area contributed by atoms with Gasteiger partial charge < -0.3 is 5.32 Å². The van der Waals surface area contributed by atoms with Crippen LogP contribution in [0, 0.1) is 0 Å². The summed E-state index contributed by atoms with van der Waals surface area (Å²) in [6.07, 6.45) is 3.87. The molecule has 0 bridgehead atoms. The van der Waals surface area contributed by atoms with Crippen LogP contribution in [0.2, 0.25) is 0 Å². The van der Waals surface area contributed by atoms with Gasteiger partial charge in [0.05, 0.1) is 11.4 Å². The minimum absolute atomic E-state index is 0.0403. The van der Waals surface area contributed by atoms with Gasteiger partial charge in [0, 0.05) is 18.7 Å². The average Bonchev–Trinajstić information content (AvgIpc) is 2.96. The molecular formula is C18H24N4O3S3. The fourth-order valence-corrected chi connectivity index (χ4v) is 6.19. The summed E-state index contributed by atoms with van der Waals surface area (Å²) in [5.74, 6) is 0.721. The van der Waals surface area contributed by atoms with E-state index in [9.17, 15) is 13.2 Å². The highest BCUT2D eigenvalue weighted by Gasteiger charge is 2.25. The van der Waals surface area contributed by atoms with E-state index in [1.165, 1.54) is 21.7 Å². The van der Waals surface area contributed by atoms with Gasteiger partial charge in [-0.15, -0.1) is 10.2 Å². The Kier molecular flexibility index (Phi) is 7.44. The van der Waals surface area contributed by atoms with Crippen LogP contribution in [-0.2, 0) is 10.0 Å². The van der Waals surface area contributed by atoms with E-state index in [0.717, 1.165) is 35.8 Å². The average molecular weight is 441 g/mol. The second kappa shape index (κ2) is 9.82. The molecule has 0 amide bonds. The number of nitrogens with zero attached hydrogens (tertiary/aromatic N) is 3. The van der Waals surface area contributed by atoms with Crippen molar-refractivity contribution < 1.29 is 13.2 Å². The Morgan fingerprint density at radius 2 is 1.96 bits per heavy atom. The van der Waals surface area contributed by atoms with Crippen molar-refractivity contribution in [2.24, 2.45) is 0 Å². The lowest BCUT2D eigenvalue weighted by molar-refractivity contribution is 0.101. The summed E-state index contributed by atoms with van der Waals surface area (Å²) in [4.78, 5) is 12.7. The van der Waals surface area contributed by atoms with Crippen LogP contribution in [0.3, 0.4) is 0 Å². The van der Waals surface area contributed by atoms with Crippen molar-refractivity contribution in [2.45, 2.75) is 41.8 Å². The molecule has 10 heteroatoms. The van der Waals surface area contributed by atoms with E-state index in [0.29, 0.717) is 23.8 Å². The van der Waals surface area contributed by atoms with Gasteiger partial charge in [0.2, 0.25) is 15.2 Å². The van der Waals surface area contributed by atoms with Crippen LogP contribution < -0.4 is 5.32 Å². The first-order chi connectivity index (χ1) is 13.5. The summed E-state index contributed by atoms with van der Waals surface area (Å²) in [6, 6.07) is 6.30. The minimum atomic E-state index is -3.57. The fourth-order valence-electron chi connectivity index (χ4n) is 2.98. The van der Waals surface area contributed by atoms with E-state index in [4.69, 9.17) is 0 Å². The van der Waals surface area contributed by atoms with Gasteiger partial charge >= 0.3 is 0 Å². The highest BCUT2D eigenvalue weighted by Crippen LogP contribution is 2.25. The standard InChI is InChI=1S/C18H24N4O3S3/c1-2-26-18-21-20-17(27-18)19-13-16(23)14-8-7-9-15(12-14)28(24,25)22-10-5-3-4-6-11-22/h7-9,12H,2-6,10-11,13H2,1H3,(H,19,20). The molecule has 0 saturated carbocycles. The fraction of sp³-hybridized carbons (Fsp3) is 0.500. The number of nitrogens with one attached hydrogen (secondary N) is 1. The predicted molar refractivity (Wildman–Crippen MR) is 113 cm³/mol. The molecule has 1 aliphatic heterocycles. The van der Waals surface area contributed by atoms with E-state index in [2.05, 4.69) is 15.5 Å². The molecular weight excluding hydrogens is 416 g/mol. The van der Waals surface area contributed by atoms with E-state index in [1.54, 1.807) is 30.0 Å². The SMILES string of the molecule is CCSc1nnc(NCC(=O)c2cccc(S(=O)(=O)N3CCCCCC3)c2)s1. The molecule has 2 heterocycles. The topological polar surface area (TPSA) is 92.3 Å². The largest absolute Gasteiger partial charge is 0.353 e. The van der Waals surface area contributed by atoms with E-state index >= 15 is 0 Å². The first-order valence-corrected chi connectivity index (χ1v) is 12.6. The molecule has 1 N–H and O–H groups in total. The molecule has 0 radical (unpaired) electrons. The number of hydrogen-bond acceptors (Lipinski definition) is 8. The number of carbonyl (C=O) groups is 1. The van der Waals surface area contributed by atoms with Gasteiger partial charge in [-0.25, -0.2) is 8.42 Å². The highest BCUT2D eigenvalue weighted by molar-refractivity contribution is 8.01. The Morgan fingerprint density at radius 1 is 1.21 bits per heavy atom. The van der Waals surface area contributed by atoms with Crippen molar-refractivity contribution in [3.05, 3.63) is 29.8 Å². The molecule has 7 nitrogen and oxygen atoms in total. The molecule has 0 aliphatic carbocycles. The zero-order chi connectivity index (χ0) is 20.0. The lowest BCUT2D eigenvalue weighted by Gasteiger charge is -2.20. The van der Waals surface area contributed by atoms with Crippen molar-refractivity contribution in [3.8, 4) is 0 Å². The minimum Gasteiger partial charge on any atom is -0.353 e. The maximum absolute atomic E-state index is 12.9. The summed E-state index contributed by atoms with van der Waals surface area (Å²) >= 11 is 2.99. The third-order valence-corrected chi connectivity index (χ3v) is 8.22. The van der Waals surface area contributed by atoms with Crippen molar-refractivity contribution in [2.75, 3.05) is 30.7 Å². The quantitative estimate of drug-likeness (QED) is 0.496. The second-order valence-electron chi connectivity index (χ2n) is 6.43. The number of aromatic nitrogens is 2. The molecule has 1 aromatic heterocycles. The number of hydrogen-bond donors (Lipinski definition) is 1. The van der Waals surface area contributed by atoms with Crippen LogP contribution >= 0.6 is 23.1 Å². The van der Waals surface area contributed by atoms with Crippen LogP contribution in [0.25, 0.3) is 0 Å². The maximum atomic E-state index is 12.9. The monoisotopic (exact) mass is 440 g/mol. The van der Waals surface area contributed by atoms with Gasteiger partial charge in [-0.1, -0.05) is 55.0 Å². The first kappa shape index (κ1) is 21.2. The zero-order valence-electron chi connectivity index (χ0n) is 15.8. The molecule has 0 atom stereocenters. The van der Waals surface area contributed by atoms with E-state index in [-0.39, 0.29) is 17.2 Å². The summed E-state index contributed by atoms with van der Waals surface area (Å²) in [7, 11) is -3.57. The van der Waals surface area contributed by atoms with Gasteiger partial charge in [-0.05, 0) is 30.7 Å². The summed E-state index contributed by atoms with van der Waals surface area (Å²) in [5, 5.41) is 11.6. The number of anilines is 1. The molecule has 0 unspecified atom stereocenters.